The summed E-state index contributed by atoms with van der Waals surface area (Å²) in [5.41, 5.74) is 20.5. The van der Waals surface area contributed by atoms with Gasteiger partial charge in [0.15, 0.2) is 11.6 Å². The van der Waals surface area contributed by atoms with E-state index in [1.807, 2.05) is 0 Å². The largest absolute Gasteiger partial charge is 0.357 e. The Morgan fingerprint density at radius 3 is 1.07 bits per heavy atom. The molecule has 5 aliphatic rings. The minimum absolute atomic E-state index is 0.0168. The van der Waals surface area contributed by atoms with Gasteiger partial charge in [0.25, 0.3) is 0 Å². The Labute approximate surface area is 484 Å². The fraction of sp³-hybridized carbons (Fsp3) is 0.316. The van der Waals surface area contributed by atoms with Crippen molar-refractivity contribution in [3.05, 3.63) is 245 Å². The summed E-state index contributed by atoms with van der Waals surface area (Å²) in [6, 6.07) is 35.7. The van der Waals surface area contributed by atoms with Crippen LogP contribution < -0.4 is 0 Å². The van der Waals surface area contributed by atoms with E-state index in [2.05, 4.69) is 256 Å². The first-order valence-electron chi connectivity index (χ1n) is 29.4. The summed E-state index contributed by atoms with van der Waals surface area (Å²) in [7, 11) is 0. The third-order valence-corrected chi connectivity index (χ3v) is 18.7. The number of nitrogens with one attached hydrogen (secondary N) is 2. The van der Waals surface area contributed by atoms with Crippen molar-refractivity contribution in [2.24, 2.45) is 9.98 Å². The molecule has 2 N–H and O–H groups in total. The van der Waals surface area contributed by atoms with Crippen molar-refractivity contribution in [1.82, 2.24) is 9.97 Å². The molecule has 6 aromatic carbocycles. The van der Waals surface area contributed by atoms with E-state index in [1.54, 1.807) is 0 Å². The van der Waals surface area contributed by atoms with Gasteiger partial charge in [0, 0.05) is 45.0 Å². The molecule has 0 atom stereocenters. The van der Waals surface area contributed by atoms with E-state index < -0.39 is 10.8 Å². The third kappa shape index (κ3) is 7.51. The number of aryl methyl sites for hydroxylation is 6. The van der Waals surface area contributed by atoms with Crippen molar-refractivity contribution >= 4 is 55.7 Å². The van der Waals surface area contributed by atoms with Crippen LogP contribution in [0.5, 0.6) is 0 Å². The average Bonchev–Trinajstić information content (AvgIpc) is 2.24. The van der Waals surface area contributed by atoms with Gasteiger partial charge in [-0.2, -0.15) is 0 Å². The number of carbonyl (C=O) groups is 2. The maximum atomic E-state index is 16.7. The number of aliphatic imine (C=N–C) groups is 2. The van der Waals surface area contributed by atoms with Gasteiger partial charge in [-0.15, -0.1) is 0 Å². The lowest BCUT2D eigenvalue weighted by molar-refractivity contribution is 0.0939. The maximum Gasteiger partial charge on any atom is 0.186 e. The number of ketones is 2. The van der Waals surface area contributed by atoms with Crippen molar-refractivity contribution < 1.29 is 9.59 Å². The predicted octanol–water partition coefficient (Wildman–Crippen LogP) is 17.9. The van der Waals surface area contributed by atoms with Crippen LogP contribution in [0.1, 0.15) is 204 Å². The van der Waals surface area contributed by atoms with E-state index >= 15 is 9.59 Å². The zero-order valence-electron chi connectivity index (χ0n) is 51.3. The SMILES string of the molecule is Cc1cc(C)c(C2=C3C=CC(=N3)C3(C(=O)c4cc(C(C)(C)C)cc5cc(C(C)(C)C)cc3c45)C3=NC(=C(c4c(C)cc(C)cc4C)c4ccc([nH]4)C4(C(=O)c5cc(C(C)(C)C)cc6cc(C(C)(C)C)cc4c56)c4ccc2[nH]4)C=C3)c(C)c1. The monoisotopic (exact) mass is 1080 g/mol. The fourth-order valence-corrected chi connectivity index (χ4v) is 14.6. The number of fused-ring (bicyclic) bond motifs is 12. The van der Waals surface area contributed by atoms with Crippen molar-refractivity contribution in [3.63, 3.8) is 0 Å². The molecule has 0 amide bonds. The Balaban J connectivity index is 1.20. The van der Waals surface area contributed by atoms with E-state index in [4.69, 9.17) is 9.98 Å². The van der Waals surface area contributed by atoms with Gasteiger partial charge in [-0.05, 0) is 212 Å². The lowest BCUT2D eigenvalue weighted by Crippen LogP contribution is -2.46. The standard InChI is InChI=1S/C76H76N4O2/c1-39-27-41(3)63(42(4)28-39)67-55-19-23-59(77-55)75(53-37-49(73(13,14)15)33-45-31-47(71(7,8)9)35-51(65(45)53)69(75)81)61-25-21-57(79-61)68(64-43(5)29-40(2)30-44(64)6)58-22-26-62(80-58)76(60-24-20-56(67)78-60)54-38-50(74(16,17)18)34-46-32-48(72(10,11)12)36-52(66(46)54)70(76)82/h19-38,77,79H,1-18H3. The number of allylic oxidation sites excluding steroid dienone is 4. The van der Waals surface area contributed by atoms with E-state index in [1.165, 1.54) is 11.1 Å². The number of carbonyl (C=O) groups excluding carboxylic acids is 2. The summed E-state index contributed by atoms with van der Waals surface area (Å²) in [5, 5.41) is 4.05. The zero-order valence-corrected chi connectivity index (χ0v) is 51.3. The number of H-pyrrole nitrogens is 2. The van der Waals surface area contributed by atoms with E-state index in [0.29, 0.717) is 17.0 Å². The molecule has 82 heavy (non-hydrogen) atoms. The van der Waals surface area contributed by atoms with Gasteiger partial charge in [0.2, 0.25) is 0 Å². The summed E-state index contributed by atoms with van der Waals surface area (Å²) in [5.74, 6) is -0.0132. The molecule has 2 aromatic heterocycles. The van der Waals surface area contributed by atoms with Crippen LogP contribution in [-0.4, -0.2) is 33.0 Å². The molecule has 2 spiro atoms. The molecular weight excluding hydrogens is 1000 g/mol. The minimum atomic E-state index is -1.43. The Kier molecular flexibility index (Phi) is 11.3. The van der Waals surface area contributed by atoms with Gasteiger partial charge >= 0.3 is 0 Å². The molecule has 5 heterocycles. The second kappa shape index (κ2) is 17.3. The molecule has 6 nitrogen and oxygen atoms in total. The first kappa shape index (κ1) is 53.4. The molecule has 0 unspecified atom stereocenters. The van der Waals surface area contributed by atoms with Gasteiger partial charge in [0.05, 0.1) is 22.8 Å². The lowest BCUT2D eigenvalue weighted by atomic mass is 9.70. The molecule has 0 saturated carbocycles. The highest BCUT2D eigenvalue weighted by atomic mass is 16.1. The quantitative estimate of drug-likeness (QED) is 0.181. The number of aromatic nitrogens is 2. The van der Waals surface area contributed by atoms with Gasteiger partial charge in [0.1, 0.15) is 10.8 Å². The number of aromatic amines is 2. The molecule has 13 rings (SSSR count). The van der Waals surface area contributed by atoms with Gasteiger partial charge in [-0.3, -0.25) is 19.6 Å². The van der Waals surface area contributed by atoms with E-state index in [9.17, 15) is 0 Å². The summed E-state index contributed by atoms with van der Waals surface area (Å²) in [6.07, 6.45) is 8.40. The van der Waals surface area contributed by atoms with Crippen LogP contribution in [-0.2, 0) is 32.5 Å². The summed E-state index contributed by atoms with van der Waals surface area (Å²) < 4.78 is 0. The first-order chi connectivity index (χ1) is 38.4. The molecule has 2 aliphatic carbocycles. The van der Waals surface area contributed by atoms with Crippen molar-refractivity contribution in [2.45, 2.75) is 157 Å². The number of nitrogens with zero attached hydrogens (tertiary/aromatic N) is 2. The number of benzene rings is 6. The predicted molar refractivity (Wildman–Crippen MR) is 341 cm³/mol. The molecular formula is C76H76N4O2. The van der Waals surface area contributed by atoms with Crippen LogP contribution in [0.25, 0.3) is 32.7 Å². The van der Waals surface area contributed by atoms with Crippen LogP contribution in [0, 0.1) is 41.5 Å². The van der Waals surface area contributed by atoms with Crippen LogP contribution in [0.3, 0.4) is 0 Å². The topological polar surface area (TPSA) is 90.4 Å². The number of Topliss-reactive ketones (excluding diaryl/α,β-unsaturated/α-hetero) is 2. The summed E-state index contributed by atoms with van der Waals surface area (Å²) in [4.78, 5) is 53.3. The molecule has 0 saturated heterocycles. The molecule has 3 aliphatic heterocycles. The molecule has 8 aromatic rings. The van der Waals surface area contributed by atoms with Crippen LogP contribution in [0.15, 0.2) is 143 Å². The normalized spacial score (nSPS) is 19.4. The Morgan fingerprint density at radius 1 is 0.390 bits per heavy atom. The maximum absolute atomic E-state index is 16.7. The van der Waals surface area contributed by atoms with Gasteiger partial charge in [-0.1, -0.05) is 155 Å². The highest BCUT2D eigenvalue weighted by Crippen LogP contribution is 2.55. The number of hydrogen-bond donors (Lipinski definition) is 2. The second-order valence-corrected chi connectivity index (χ2v) is 28.7. The Bertz CT molecular complexity index is 4250. The fourth-order valence-electron chi connectivity index (χ4n) is 14.6. The first-order valence-corrected chi connectivity index (χ1v) is 29.4. The molecule has 0 radical (unpaired) electrons. The molecule has 6 heteroatoms. The highest BCUT2D eigenvalue weighted by molar-refractivity contribution is 6.46. The minimum Gasteiger partial charge on any atom is -0.357 e. The Morgan fingerprint density at radius 2 is 0.720 bits per heavy atom. The highest BCUT2D eigenvalue weighted by Gasteiger charge is 2.57. The lowest BCUT2D eigenvalue weighted by Gasteiger charge is -2.30. The van der Waals surface area contributed by atoms with E-state index in [-0.39, 0.29) is 33.2 Å². The molecule has 8 bridgehead atoms. The number of hydrogen-bond acceptors (Lipinski definition) is 4. The van der Waals surface area contributed by atoms with Crippen LogP contribution in [0.2, 0.25) is 0 Å². The number of rotatable bonds is 2. The van der Waals surface area contributed by atoms with Crippen LogP contribution >= 0.6 is 0 Å². The summed E-state index contributed by atoms with van der Waals surface area (Å²) in [6.45, 7) is 39.9. The van der Waals surface area contributed by atoms with Crippen LogP contribution in [0.4, 0.5) is 0 Å². The van der Waals surface area contributed by atoms with Crippen molar-refractivity contribution in [1.29, 1.82) is 0 Å². The second-order valence-electron chi connectivity index (χ2n) is 28.7. The van der Waals surface area contributed by atoms with Gasteiger partial charge in [-0.25, -0.2) is 0 Å². The summed E-state index contributed by atoms with van der Waals surface area (Å²) >= 11 is 0. The smallest absolute Gasteiger partial charge is 0.186 e. The van der Waals surface area contributed by atoms with E-state index in [0.717, 1.165) is 139 Å². The molecule has 412 valence electrons. The van der Waals surface area contributed by atoms with Crippen molar-refractivity contribution in [2.75, 3.05) is 0 Å². The van der Waals surface area contributed by atoms with Crippen molar-refractivity contribution in [3.8, 4) is 0 Å². The third-order valence-electron chi connectivity index (χ3n) is 18.7. The average molecular weight is 1080 g/mol. The Hall–Kier alpha value is -7.96. The zero-order chi connectivity index (χ0) is 58.4. The van der Waals surface area contributed by atoms with Gasteiger partial charge < -0.3 is 9.97 Å². The molecule has 0 fully saturated rings.